The number of hydrogen-bond donors (Lipinski definition) is 1. The molecule has 3 nitrogen and oxygen atoms in total. The van der Waals surface area contributed by atoms with Gasteiger partial charge in [-0.3, -0.25) is 0 Å². The van der Waals surface area contributed by atoms with E-state index in [0.717, 1.165) is 15.8 Å². The molecule has 5 heteroatoms. The zero-order valence-corrected chi connectivity index (χ0v) is 12.4. The highest BCUT2D eigenvalue weighted by Crippen LogP contribution is 2.30. The summed E-state index contributed by atoms with van der Waals surface area (Å²) in [5.41, 5.74) is 2.10. The number of nitriles is 1. The Kier molecular flexibility index (Phi) is 4.31. The highest BCUT2D eigenvalue weighted by atomic mass is 79.9. The fourth-order valence-electron chi connectivity index (χ4n) is 1.61. The molecule has 0 fully saturated rings. The van der Waals surface area contributed by atoms with E-state index in [-0.39, 0.29) is 0 Å². The molecule has 0 aliphatic rings. The fraction of sp³-hybridized carbons (Fsp3) is 0.0714. The summed E-state index contributed by atoms with van der Waals surface area (Å²) < 4.78 is 6.02. The third kappa shape index (κ3) is 3.19. The SMILES string of the molecule is COc1cc(Nc2ccc(Br)cc2C#N)ccc1Cl. The van der Waals surface area contributed by atoms with Gasteiger partial charge in [-0.15, -0.1) is 0 Å². The number of ether oxygens (including phenoxy) is 1. The Labute approximate surface area is 124 Å². The summed E-state index contributed by atoms with van der Waals surface area (Å²) in [4.78, 5) is 0. The molecule has 0 heterocycles. The molecule has 19 heavy (non-hydrogen) atoms. The first kappa shape index (κ1) is 13.7. The van der Waals surface area contributed by atoms with Crippen molar-refractivity contribution in [3.8, 4) is 11.8 Å². The van der Waals surface area contributed by atoms with E-state index in [4.69, 9.17) is 21.6 Å². The summed E-state index contributed by atoms with van der Waals surface area (Å²) in [6.07, 6.45) is 0. The Morgan fingerprint density at radius 1 is 1.26 bits per heavy atom. The van der Waals surface area contributed by atoms with E-state index in [0.29, 0.717) is 16.3 Å². The molecular formula is C14H10BrClN2O. The van der Waals surface area contributed by atoms with Gasteiger partial charge < -0.3 is 10.1 Å². The first-order chi connectivity index (χ1) is 9.13. The van der Waals surface area contributed by atoms with Crippen molar-refractivity contribution in [3.63, 3.8) is 0 Å². The Bertz CT molecular complexity index is 652. The predicted octanol–water partition coefficient (Wildman–Crippen LogP) is 4.73. The van der Waals surface area contributed by atoms with Gasteiger partial charge in [0.25, 0.3) is 0 Å². The van der Waals surface area contributed by atoms with E-state index >= 15 is 0 Å². The first-order valence-corrected chi connectivity index (χ1v) is 6.61. The zero-order chi connectivity index (χ0) is 13.8. The van der Waals surface area contributed by atoms with Gasteiger partial charge in [0.2, 0.25) is 0 Å². The van der Waals surface area contributed by atoms with Crippen LogP contribution in [-0.2, 0) is 0 Å². The molecule has 1 N–H and O–H groups in total. The number of nitrogens with zero attached hydrogens (tertiary/aromatic N) is 1. The van der Waals surface area contributed by atoms with Gasteiger partial charge in [-0.05, 0) is 30.3 Å². The summed E-state index contributed by atoms with van der Waals surface area (Å²) in [5.74, 6) is 0.585. The van der Waals surface area contributed by atoms with Gasteiger partial charge in [-0.2, -0.15) is 5.26 Å². The highest BCUT2D eigenvalue weighted by Gasteiger charge is 2.06. The molecular weight excluding hydrogens is 328 g/mol. The molecule has 0 aliphatic heterocycles. The van der Waals surface area contributed by atoms with Crippen LogP contribution in [-0.4, -0.2) is 7.11 Å². The Hall–Kier alpha value is -1.70. The summed E-state index contributed by atoms with van der Waals surface area (Å²) in [6, 6.07) is 13.0. The van der Waals surface area contributed by atoms with Crippen LogP contribution in [0.25, 0.3) is 0 Å². The molecule has 0 aromatic heterocycles. The zero-order valence-electron chi connectivity index (χ0n) is 10.1. The molecule has 96 valence electrons. The number of hydrogen-bond acceptors (Lipinski definition) is 3. The second-order valence-corrected chi connectivity index (χ2v) is 5.10. The monoisotopic (exact) mass is 336 g/mol. The number of nitrogens with one attached hydrogen (secondary N) is 1. The maximum Gasteiger partial charge on any atom is 0.139 e. The molecule has 2 aromatic carbocycles. The minimum Gasteiger partial charge on any atom is -0.495 e. The van der Waals surface area contributed by atoms with Crippen molar-refractivity contribution in [3.05, 3.63) is 51.5 Å². The average molecular weight is 338 g/mol. The minimum atomic E-state index is 0.546. The van der Waals surface area contributed by atoms with Crippen LogP contribution < -0.4 is 10.1 Å². The lowest BCUT2D eigenvalue weighted by molar-refractivity contribution is 0.415. The van der Waals surface area contributed by atoms with Crippen molar-refractivity contribution < 1.29 is 4.74 Å². The van der Waals surface area contributed by atoms with E-state index in [1.54, 1.807) is 25.3 Å². The second-order valence-electron chi connectivity index (χ2n) is 3.78. The number of rotatable bonds is 3. The van der Waals surface area contributed by atoms with Crippen LogP contribution in [0, 0.1) is 11.3 Å². The Morgan fingerprint density at radius 2 is 2.05 bits per heavy atom. The number of halogens is 2. The lowest BCUT2D eigenvalue weighted by atomic mass is 10.2. The molecule has 0 radical (unpaired) electrons. The van der Waals surface area contributed by atoms with Crippen LogP contribution in [0.15, 0.2) is 40.9 Å². The van der Waals surface area contributed by atoms with E-state index in [1.165, 1.54) is 0 Å². The van der Waals surface area contributed by atoms with Crippen molar-refractivity contribution in [2.75, 3.05) is 12.4 Å². The molecule has 0 saturated carbocycles. The molecule has 0 saturated heterocycles. The third-order valence-corrected chi connectivity index (χ3v) is 3.34. The van der Waals surface area contributed by atoms with Crippen LogP contribution in [0.4, 0.5) is 11.4 Å². The lowest BCUT2D eigenvalue weighted by Crippen LogP contribution is -1.94. The van der Waals surface area contributed by atoms with Gasteiger partial charge in [0.05, 0.1) is 23.4 Å². The molecule has 0 spiro atoms. The van der Waals surface area contributed by atoms with E-state index in [1.807, 2.05) is 18.2 Å². The van der Waals surface area contributed by atoms with Gasteiger partial charge in [0, 0.05) is 16.2 Å². The van der Waals surface area contributed by atoms with Crippen LogP contribution in [0.1, 0.15) is 5.56 Å². The van der Waals surface area contributed by atoms with Crippen molar-refractivity contribution in [2.45, 2.75) is 0 Å². The third-order valence-electron chi connectivity index (χ3n) is 2.53. The minimum absolute atomic E-state index is 0.546. The fourth-order valence-corrected chi connectivity index (χ4v) is 2.17. The van der Waals surface area contributed by atoms with E-state index in [2.05, 4.69) is 27.3 Å². The smallest absolute Gasteiger partial charge is 0.139 e. The molecule has 0 amide bonds. The maximum absolute atomic E-state index is 9.11. The van der Waals surface area contributed by atoms with Gasteiger partial charge in [0.15, 0.2) is 0 Å². The normalized spacial score (nSPS) is 9.79. The maximum atomic E-state index is 9.11. The summed E-state index contributed by atoms with van der Waals surface area (Å²) in [7, 11) is 1.56. The quantitative estimate of drug-likeness (QED) is 0.881. The van der Waals surface area contributed by atoms with Crippen molar-refractivity contribution in [1.29, 1.82) is 5.26 Å². The Balaban J connectivity index is 2.34. The van der Waals surface area contributed by atoms with Crippen molar-refractivity contribution >= 4 is 38.9 Å². The largest absolute Gasteiger partial charge is 0.495 e. The molecule has 2 rings (SSSR count). The van der Waals surface area contributed by atoms with Gasteiger partial charge in [0.1, 0.15) is 11.8 Å². The van der Waals surface area contributed by atoms with E-state index < -0.39 is 0 Å². The second kappa shape index (κ2) is 5.96. The van der Waals surface area contributed by atoms with Crippen LogP contribution in [0.3, 0.4) is 0 Å². The summed E-state index contributed by atoms with van der Waals surface area (Å²) in [6.45, 7) is 0. The van der Waals surface area contributed by atoms with Crippen LogP contribution >= 0.6 is 27.5 Å². The van der Waals surface area contributed by atoms with E-state index in [9.17, 15) is 0 Å². The Morgan fingerprint density at radius 3 is 2.74 bits per heavy atom. The number of benzene rings is 2. The molecule has 0 atom stereocenters. The van der Waals surface area contributed by atoms with Gasteiger partial charge in [-0.1, -0.05) is 27.5 Å². The molecule has 2 aromatic rings. The standard InChI is InChI=1S/C14H10BrClN2O/c1-19-14-7-11(3-4-12(14)16)18-13-5-2-10(15)6-9(13)8-17/h2-7,18H,1H3. The first-order valence-electron chi connectivity index (χ1n) is 5.44. The topological polar surface area (TPSA) is 45.0 Å². The lowest BCUT2D eigenvalue weighted by Gasteiger charge is -2.10. The molecule has 0 aliphatic carbocycles. The molecule has 0 unspecified atom stereocenters. The van der Waals surface area contributed by atoms with Crippen LogP contribution in [0.5, 0.6) is 5.75 Å². The van der Waals surface area contributed by atoms with Crippen molar-refractivity contribution in [1.82, 2.24) is 0 Å². The average Bonchev–Trinajstić information content (AvgIpc) is 2.42. The molecule has 0 bridgehead atoms. The summed E-state index contributed by atoms with van der Waals surface area (Å²) >= 11 is 9.31. The van der Waals surface area contributed by atoms with Gasteiger partial charge in [-0.25, -0.2) is 0 Å². The summed E-state index contributed by atoms with van der Waals surface area (Å²) in [5, 5.41) is 12.8. The predicted molar refractivity (Wildman–Crippen MR) is 80.1 cm³/mol. The van der Waals surface area contributed by atoms with Gasteiger partial charge >= 0.3 is 0 Å². The van der Waals surface area contributed by atoms with Crippen molar-refractivity contribution in [2.24, 2.45) is 0 Å². The number of anilines is 2. The van der Waals surface area contributed by atoms with Crippen LogP contribution in [0.2, 0.25) is 5.02 Å². The highest BCUT2D eigenvalue weighted by molar-refractivity contribution is 9.10. The number of methoxy groups -OCH3 is 1.